The number of ether oxygens (including phenoxy) is 1. The molecule has 0 fully saturated rings. The number of amides is 2. The molecule has 0 saturated carbocycles. The van der Waals surface area contributed by atoms with Crippen molar-refractivity contribution in [3.05, 3.63) is 88.4 Å². The van der Waals surface area contributed by atoms with E-state index in [4.69, 9.17) is 4.74 Å². The van der Waals surface area contributed by atoms with Crippen LogP contribution < -0.4 is 15.4 Å². The minimum Gasteiger partial charge on any atom is -0.492 e. The maximum Gasteiger partial charge on any atom is 0.255 e. The van der Waals surface area contributed by atoms with E-state index in [0.717, 1.165) is 23.1 Å². The molecule has 3 aromatic rings. The Hall–Kier alpha value is -3.12. The molecule has 3 aromatic carbocycles. The van der Waals surface area contributed by atoms with E-state index < -0.39 is 0 Å². The largest absolute Gasteiger partial charge is 0.492 e. The second kappa shape index (κ2) is 12.1. The van der Waals surface area contributed by atoms with Crippen molar-refractivity contribution in [2.24, 2.45) is 0 Å². The Morgan fingerprint density at radius 1 is 0.781 bits per heavy atom. The van der Waals surface area contributed by atoms with Gasteiger partial charge in [0, 0.05) is 22.5 Å². The van der Waals surface area contributed by atoms with E-state index in [2.05, 4.69) is 33.5 Å². The molecule has 0 spiro atoms. The normalized spacial score (nSPS) is 10.4. The van der Waals surface area contributed by atoms with Crippen molar-refractivity contribution in [2.75, 3.05) is 17.2 Å². The lowest BCUT2D eigenvalue weighted by Crippen LogP contribution is -2.14. The first-order valence-corrected chi connectivity index (χ1v) is 11.6. The third-order valence-corrected chi connectivity index (χ3v) is 5.48. The van der Waals surface area contributed by atoms with Crippen LogP contribution in [0.15, 0.2) is 77.3 Å². The van der Waals surface area contributed by atoms with Crippen LogP contribution in [-0.2, 0) is 0 Å². The van der Waals surface area contributed by atoms with E-state index in [1.54, 1.807) is 54.6 Å². The third-order valence-electron chi connectivity index (χ3n) is 4.86. The fraction of sp³-hybridized carbons (Fsp3) is 0.231. The van der Waals surface area contributed by atoms with E-state index in [0.29, 0.717) is 29.1 Å². The van der Waals surface area contributed by atoms with Crippen LogP contribution in [0.4, 0.5) is 11.4 Å². The molecule has 0 heterocycles. The standard InChI is InChI=1S/C26H27BrN2O3/c1-2-3-4-8-16-32-24-15-14-20(17-23(24)27)26(31)29-22-13-9-12-21(18-22)28-25(30)19-10-6-5-7-11-19/h5-7,9-15,17-18H,2-4,8,16H2,1H3,(H,28,30)(H,29,31). The second-order valence-corrected chi connectivity index (χ2v) is 8.26. The van der Waals surface area contributed by atoms with Crippen molar-refractivity contribution in [3.63, 3.8) is 0 Å². The SMILES string of the molecule is CCCCCCOc1ccc(C(=O)Nc2cccc(NC(=O)c3ccccc3)c2)cc1Br. The Bertz CT molecular complexity index is 1050. The van der Waals surface area contributed by atoms with Gasteiger partial charge in [-0.3, -0.25) is 9.59 Å². The molecule has 0 aliphatic carbocycles. The summed E-state index contributed by atoms with van der Waals surface area (Å²) in [6.07, 6.45) is 4.57. The van der Waals surface area contributed by atoms with E-state index in [1.165, 1.54) is 12.8 Å². The van der Waals surface area contributed by atoms with E-state index >= 15 is 0 Å². The van der Waals surface area contributed by atoms with Gasteiger partial charge in [-0.05, 0) is 70.9 Å². The molecule has 166 valence electrons. The van der Waals surface area contributed by atoms with Crippen molar-refractivity contribution < 1.29 is 14.3 Å². The summed E-state index contributed by atoms with van der Waals surface area (Å²) in [4.78, 5) is 25.1. The molecule has 0 aliphatic rings. The lowest BCUT2D eigenvalue weighted by molar-refractivity contribution is 0.101. The number of unbranched alkanes of at least 4 members (excludes halogenated alkanes) is 3. The van der Waals surface area contributed by atoms with Gasteiger partial charge >= 0.3 is 0 Å². The number of carbonyl (C=O) groups is 2. The Kier molecular flexibility index (Phi) is 8.87. The smallest absolute Gasteiger partial charge is 0.255 e. The maximum atomic E-state index is 12.7. The van der Waals surface area contributed by atoms with Crippen LogP contribution in [0.5, 0.6) is 5.75 Å². The fourth-order valence-electron chi connectivity index (χ4n) is 3.14. The number of benzene rings is 3. The van der Waals surface area contributed by atoms with Gasteiger partial charge in [0.2, 0.25) is 0 Å². The Labute approximate surface area is 197 Å². The molecule has 2 N–H and O–H groups in total. The zero-order chi connectivity index (χ0) is 22.8. The highest BCUT2D eigenvalue weighted by molar-refractivity contribution is 9.10. The van der Waals surface area contributed by atoms with Crippen LogP contribution in [0.2, 0.25) is 0 Å². The van der Waals surface area contributed by atoms with Crippen molar-refractivity contribution in [1.29, 1.82) is 0 Å². The average molecular weight is 495 g/mol. The van der Waals surface area contributed by atoms with Crippen molar-refractivity contribution in [3.8, 4) is 5.75 Å². The maximum absolute atomic E-state index is 12.7. The molecule has 0 unspecified atom stereocenters. The predicted octanol–water partition coefficient (Wildman–Crippen LogP) is 6.91. The highest BCUT2D eigenvalue weighted by Gasteiger charge is 2.11. The van der Waals surface area contributed by atoms with Crippen molar-refractivity contribution in [2.45, 2.75) is 32.6 Å². The summed E-state index contributed by atoms with van der Waals surface area (Å²) in [6.45, 7) is 2.84. The van der Waals surface area contributed by atoms with Gasteiger partial charge in [0.05, 0.1) is 11.1 Å². The number of hydrogen-bond acceptors (Lipinski definition) is 3. The van der Waals surface area contributed by atoms with Gasteiger partial charge in [-0.15, -0.1) is 0 Å². The van der Waals surface area contributed by atoms with E-state index in [9.17, 15) is 9.59 Å². The topological polar surface area (TPSA) is 67.4 Å². The van der Waals surface area contributed by atoms with Gasteiger partial charge in [0.1, 0.15) is 5.75 Å². The first-order chi connectivity index (χ1) is 15.6. The molecule has 2 amide bonds. The molecule has 32 heavy (non-hydrogen) atoms. The molecule has 5 nitrogen and oxygen atoms in total. The number of hydrogen-bond donors (Lipinski definition) is 2. The van der Waals surface area contributed by atoms with Crippen molar-refractivity contribution >= 4 is 39.1 Å². The van der Waals surface area contributed by atoms with Gasteiger partial charge in [-0.25, -0.2) is 0 Å². The van der Waals surface area contributed by atoms with Gasteiger partial charge < -0.3 is 15.4 Å². The van der Waals surface area contributed by atoms with Gasteiger partial charge in [-0.2, -0.15) is 0 Å². The molecule has 0 aliphatic heterocycles. The highest BCUT2D eigenvalue weighted by atomic mass is 79.9. The lowest BCUT2D eigenvalue weighted by atomic mass is 10.2. The molecule has 3 rings (SSSR count). The van der Waals surface area contributed by atoms with Gasteiger partial charge in [0.15, 0.2) is 0 Å². The van der Waals surface area contributed by atoms with Crippen LogP contribution in [0.1, 0.15) is 53.3 Å². The molecular formula is C26H27BrN2O3. The Morgan fingerprint density at radius 2 is 1.47 bits per heavy atom. The summed E-state index contributed by atoms with van der Waals surface area (Å²) in [7, 11) is 0. The quantitative estimate of drug-likeness (QED) is 0.300. The number of nitrogens with one attached hydrogen (secondary N) is 2. The number of anilines is 2. The lowest BCUT2D eigenvalue weighted by Gasteiger charge is -2.11. The molecule has 0 atom stereocenters. The zero-order valence-electron chi connectivity index (χ0n) is 18.1. The number of halogens is 1. The summed E-state index contributed by atoms with van der Waals surface area (Å²) in [6, 6.07) is 21.3. The summed E-state index contributed by atoms with van der Waals surface area (Å²) in [5.41, 5.74) is 2.27. The highest BCUT2D eigenvalue weighted by Crippen LogP contribution is 2.27. The minimum absolute atomic E-state index is 0.205. The van der Waals surface area contributed by atoms with E-state index in [-0.39, 0.29) is 11.8 Å². The predicted molar refractivity (Wildman–Crippen MR) is 133 cm³/mol. The van der Waals surface area contributed by atoms with Crippen LogP contribution in [-0.4, -0.2) is 18.4 Å². The fourth-order valence-corrected chi connectivity index (χ4v) is 3.63. The molecule has 0 radical (unpaired) electrons. The molecule has 0 bridgehead atoms. The van der Waals surface area contributed by atoms with Crippen LogP contribution in [0.25, 0.3) is 0 Å². The summed E-state index contributed by atoms with van der Waals surface area (Å²) in [5, 5.41) is 5.72. The molecule has 0 aromatic heterocycles. The van der Waals surface area contributed by atoms with E-state index in [1.807, 2.05) is 18.2 Å². The number of carbonyl (C=O) groups excluding carboxylic acids is 2. The Balaban J connectivity index is 1.59. The van der Waals surface area contributed by atoms with Crippen LogP contribution in [0, 0.1) is 0 Å². The van der Waals surface area contributed by atoms with Crippen LogP contribution >= 0.6 is 15.9 Å². The first-order valence-electron chi connectivity index (χ1n) is 10.8. The molecule has 0 saturated heterocycles. The summed E-state index contributed by atoms with van der Waals surface area (Å²) >= 11 is 3.49. The minimum atomic E-state index is -0.244. The summed E-state index contributed by atoms with van der Waals surface area (Å²) < 4.78 is 6.55. The third kappa shape index (κ3) is 6.95. The molecular weight excluding hydrogens is 468 g/mol. The summed E-state index contributed by atoms with van der Waals surface area (Å²) in [5.74, 6) is 0.277. The Morgan fingerprint density at radius 3 is 2.12 bits per heavy atom. The van der Waals surface area contributed by atoms with Gasteiger partial charge in [-0.1, -0.05) is 50.5 Å². The average Bonchev–Trinajstić information content (AvgIpc) is 2.80. The first kappa shape index (κ1) is 23.5. The number of rotatable bonds is 10. The second-order valence-electron chi connectivity index (χ2n) is 7.41. The van der Waals surface area contributed by atoms with Crippen molar-refractivity contribution in [1.82, 2.24) is 0 Å². The zero-order valence-corrected chi connectivity index (χ0v) is 19.7. The monoisotopic (exact) mass is 494 g/mol. The van der Waals surface area contributed by atoms with Crippen LogP contribution in [0.3, 0.4) is 0 Å². The molecule has 6 heteroatoms. The van der Waals surface area contributed by atoms with Gasteiger partial charge in [0.25, 0.3) is 11.8 Å².